The molecule has 2 aromatic rings. The van der Waals surface area contributed by atoms with Crippen LogP contribution < -0.4 is 4.74 Å². The van der Waals surface area contributed by atoms with E-state index < -0.39 is 0 Å². The second-order valence-electron chi connectivity index (χ2n) is 6.14. The first-order chi connectivity index (χ1) is 11.6. The molecule has 0 saturated carbocycles. The van der Waals surface area contributed by atoms with Crippen molar-refractivity contribution in [1.29, 1.82) is 0 Å². The molecule has 4 nitrogen and oxygen atoms in total. The molecule has 0 saturated heterocycles. The first kappa shape index (κ1) is 18.3. The average Bonchev–Trinajstić information content (AvgIpc) is 2.59. The summed E-state index contributed by atoms with van der Waals surface area (Å²) in [5, 5.41) is 19.8. The van der Waals surface area contributed by atoms with Gasteiger partial charge in [0.25, 0.3) is 0 Å². The second-order valence-corrected chi connectivity index (χ2v) is 6.14. The average molecular weight is 329 g/mol. The highest BCUT2D eigenvalue weighted by Gasteiger charge is 2.15. The fourth-order valence-electron chi connectivity index (χ4n) is 2.73. The van der Waals surface area contributed by atoms with Gasteiger partial charge in [-0.05, 0) is 24.5 Å². The number of benzene rings is 2. The minimum atomic E-state index is 0.149. The van der Waals surface area contributed by atoms with E-state index in [0.29, 0.717) is 18.9 Å². The first-order valence-electron chi connectivity index (χ1n) is 8.44. The van der Waals surface area contributed by atoms with Crippen molar-refractivity contribution in [2.45, 2.75) is 26.9 Å². The number of rotatable bonds is 9. The van der Waals surface area contributed by atoms with Gasteiger partial charge in [-0.3, -0.25) is 4.90 Å². The van der Waals surface area contributed by atoms with Crippen LogP contribution in [0.3, 0.4) is 0 Å². The van der Waals surface area contributed by atoms with Crippen LogP contribution in [0.1, 0.15) is 25.0 Å². The molecule has 0 heterocycles. The van der Waals surface area contributed by atoms with E-state index in [-0.39, 0.29) is 18.3 Å². The Hall–Kier alpha value is -2.04. The largest absolute Gasteiger partial charge is 0.504 e. The van der Waals surface area contributed by atoms with Gasteiger partial charge in [0.2, 0.25) is 0 Å². The summed E-state index contributed by atoms with van der Waals surface area (Å²) < 4.78 is 5.47. The van der Waals surface area contributed by atoms with Gasteiger partial charge in [-0.25, -0.2) is 0 Å². The number of aromatic hydroxyl groups is 1. The zero-order valence-corrected chi connectivity index (χ0v) is 14.5. The summed E-state index contributed by atoms with van der Waals surface area (Å²) in [6, 6.07) is 15.8. The molecule has 0 aromatic heterocycles. The summed E-state index contributed by atoms with van der Waals surface area (Å²) >= 11 is 0. The Labute approximate surface area is 144 Å². The van der Waals surface area contributed by atoms with Crippen LogP contribution in [0.15, 0.2) is 48.5 Å². The SMILES string of the molecule is CCOc1cccc(CN(Cc2ccccc2)C[C@H](C)CO)c1O. The zero-order valence-electron chi connectivity index (χ0n) is 14.5. The number of hydrogen-bond donors (Lipinski definition) is 2. The third-order valence-electron chi connectivity index (χ3n) is 3.91. The fraction of sp³-hybridized carbons (Fsp3) is 0.400. The minimum Gasteiger partial charge on any atom is -0.504 e. The van der Waals surface area contributed by atoms with Gasteiger partial charge in [-0.2, -0.15) is 0 Å². The van der Waals surface area contributed by atoms with Crippen LogP contribution >= 0.6 is 0 Å². The standard InChI is InChI=1S/C20H27NO3/c1-3-24-19-11-7-10-18(20(19)23)14-21(12-16(2)15-22)13-17-8-5-4-6-9-17/h4-11,16,22-23H,3,12-15H2,1-2H3/t16-/m0/s1. The number of phenolic OH excluding ortho intramolecular Hbond substituents is 1. The second kappa shape index (κ2) is 9.30. The Balaban J connectivity index is 2.16. The van der Waals surface area contributed by atoms with E-state index in [0.717, 1.165) is 18.7 Å². The molecular weight excluding hydrogens is 302 g/mol. The molecule has 0 radical (unpaired) electrons. The Morgan fingerprint density at radius 2 is 1.79 bits per heavy atom. The van der Waals surface area contributed by atoms with E-state index in [2.05, 4.69) is 17.0 Å². The van der Waals surface area contributed by atoms with E-state index in [1.165, 1.54) is 5.56 Å². The van der Waals surface area contributed by atoms with Gasteiger partial charge in [0.15, 0.2) is 11.5 Å². The number of aliphatic hydroxyl groups is 1. The fourth-order valence-corrected chi connectivity index (χ4v) is 2.73. The van der Waals surface area contributed by atoms with Gasteiger partial charge in [-0.1, -0.05) is 49.4 Å². The Kier molecular flexibility index (Phi) is 7.09. The molecule has 2 rings (SSSR count). The van der Waals surface area contributed by atoms with E-state index in [4.69, 9.17) is 4.74 Å². The Morgan fingerprint density at radius 3 is 2.46 bits per heavy atom. The van der Waals surface area contributed by atoms with Gasteiger partial charge in [0, 0.05) is 31.8 Å². The van der Waals surface area contributed by atoms with Gasteiger partial charge >= 0.3 is 0 Å². The van der Waals surface area contributed by atoms with Crippen LogP contribution in [0.4, 0.5) is 0 Å². The topological polar surface area (TPSA) is 52.9 Å². The van der Waals surface area contributed by atoms with Crippen molar-refractivity contribution in [3.63, 3.8) is 0 Å². The molecule has 4 heteroatoms. The van der Waals surface area contributed by atoms with E-state index in [1.54, 1.807) is 6.07 Å². The number of phenols is 1. The van der Waals surface area contributed by atoms with Crippen molar-refractivity contribution in [2.75, 3.05) is 19.8 Å². The van der Waals surface area contributed by atoms with Crippen LogP contribution in [0, 0.1) is 5.92 Å². The molecule has 0 amide bonds. The van der Waals surface area contributed by atoms with Crippen molar-refractivity contribution >= 4 is 0 Å². The lowest BCUT2D eigenvalue weighted by Crippen LogP contribution is -2.29. The summed E-state index contributed by atoms with van der Waals surface area (Å²) in [6.45, 7) is 6.72. The maximum absolute atomic E-state index is 10.4. The van der Waals surface area contributed by atoms with Gasteiger partial charge < -0.3 is 14.9 Å². The predicted molar refractivity (Wildman–Crippen MR) is 96.1 cm³/mol. The minimum absolute atomic E-state index is 0.149. The van der Waals surface area contributed by atoms with Crippen LogP contribution in [0.5, 0.6) is 11.5 Å². The van der Waals surface area contributed by atoms with Crippen molar-refractivity contribution in [1.82, 2.24) is 4.90 Å². The molecule has 0 unspecified atom stereocenters. The van der Waals surface area contributed by atoms with Crippen LogP contribution in [0.25, 0.3) is 0 Å². The molecular formula is C20H27NO3. The lowest BCUT2D eigenvalue weighted by atomic mass is 10.1. The number of ether oxygens (including phenoxy) is 1. The van der Waals surface area contributed by atoms with E-state index in [1.807, 2.05) is 44.2 Å². The molecule has 0 aliphatic heterocycles. The highest BCUT2D eigenvalue weighted by Crippen LogP contribution is 2.31. The van der Waals surface area contributed by atoms with Gasteiger partial charge in [-0.15, -0.1) is 0 Å². The van der Waals surface area contributed by atoms with Gasteiger partial charge in [0.05, 0.1) is 6.61 Å². The third-order valence-corrected chi connectivity index (χ3v) is 3.91. The molecule has 2 N–H and O–H groups in total. The van der Waals surface area contributed by atoms with Crippen molar-refractivity contribution < 1.29 is 14.9 Å². The summed E-state index contributed by atoms with van der Waals surface area (Å²) in [6.07, 6.45) is 0. The molecule has 0 aliphatic carbocycles. The van der Waals surface area contributed by atoms with Crippen LogP contribution in [-0.2, 0) is 13.1 Å². The predicted octanol–water partition coefficient (Wildman–Crippen LogP) is 3.42. The highest BCUT2D eigenvalue weighted by atomic mass is 16.5. The van der Waals surface area contributed by atoms with Crippen molar-refractivity contribution in [3.05, 3.63) is 59.7 Å². The number of aliphatic hydroxyl groups excluding tert-OH is 1. The smallest absolute Gasteiger partial charge is 0.162 e. The summed E-state index contributed by atoms with van der Waals surface area (Å²) in [7, 11) is 0. The Bertz CT molecular complexity index is 616. The maximum atomic E-state index is 10.4. The zero-order chi connectivity index (χ0) is 17.4. The summed E-state index contributed by atoms with van der Waals surface area (Å²) in [4.78, 5) is 2.24. The number of nitrogens with zero attached hydrogens (tertiary/aromatic N) is 1. The van der Waals surface area contributed by atoms with Crippen LogP contribution in [0.2, 0.25) is 0 Å². The van der Waals surface area contributed by atoms with Crippen molar-refractivity contribution in [2.24, 2.45) is 5.92 Å². The molecule has 0 fully saturated rings. The Morgan fingerprint density at radius 1 is 1.04 bits per heavy atom. The lowest BCUT2D eigenvalue weighted by Gasteiger charge is -2.26. The third kappa shape index (κ3) is 5.25. The molecule has 2 aromatic carbocycles. The highest BCUT2D eigenvalue weighted by molar-refractivity contribution is 5.45. The summed E-state index contributed by atoms with van der Waals surface area (Å²) in [5.74, 6) is 0.893. The molecule has 0 spiro atoms. The molecule has 130 valence electrons. The number of hydrogen-bond acceptors (Lipinski definition) is 4. The van der Waals surface area contributed by atoms with Crippen LogP contribution in [-0.4, -0.2) is 34.9 Å². The molecule has 0 bridgehead atoms. The molecule has 24 heavy (non-hydrogen) atoms. The maximum Gasteiger partial charge on any atom is 0.162 e. The normalized spacial score (nSPS) is 12.3. The number of para-hydroxylation sites is 1. The molecule has 0 aliphatic rings. The first-order valence-corrected chi connectivity index (χ1v) is 8.44. The van der Waals surface area contributed by atoms with E-state index in [9.17, 15) is 10.2 Å². The monoisotopic (exact) mass is 329 g/mol. The van der Waals surface area contributed by atoms with Crippen molar-refractivity contribution in [3.8, 4) is 11.5 Å². The quantitative estimate of drug-likeness (QED) is 0.740. The molecule has 1 atom stereocenters. The summed E-state index contributed by atoms with van der Waals surface area (Å²) in [5.41, 5.74) is 2.05. The lowest BCUT2D eigenvalue weighted by molar-refractivity contribution is 0.162. The van der Waals surface area contributed by atoms with Gasteiger partial charge in [0.1, 0.15) is 0 Å². The van der Waals surface area contributed by atoms with E-state index >= 15 is 0 Å².